The van der Waals surface area contributed by atoms with Crippen LogP contribution in [-0.4, -0.2) is 72.9 Å². The zero-order chi connectivity index (χ0) is 45.7. The lowest BCUT2D eigenvalue weighted by Crippen LogP contribution is -2.32. The molecule has 3 aromatic rings. The van der Waals surface area contributed by atoms with Crippen molar-refractivity contribution < 1.29 is 31.8 Å². The highest BCUT2D eigenvalue weighted by Crippen LogP contribution is 2.51. The molecular weight excluding hydrogens is 860 g/mol. The molecule has 17 heteroatoms. The van der Waals surface area contributed by atoms with Crippen molar-refractivity contribution >= 4 is 46.1 Å². The van der Waals surface area contributed by atoms with E-state index in [0.29, 0.717) is 15.9 Å². The maximum Gasteiger partial charge on any atom is 0.393 e. The zero-order valence-corrected chi connectivity index (χ0v) is 38.9. The molecule has 332 valence electrons. The van der Waals surface area contributed by atoms with Gasteiger partial charge in [0.2, 0.25) is 0 Å². The van der Waals surface area contributed by atoms with Crippen LogP contribution in [0.4, 0.5) is 0 Å². The van der Waals surface area contributed by atoms with Gasteiger partial charge in [-0.05, 0) is 72.8 Å². The Labute approximate surface area is 368 Å². The van der Waals surface area contributed by atoms with E-state index in [0.717, 1.165) is 0 Å². The predicted octanol–water partition coefficient (Wildman–Crippen LogP) is 9.14. The maximum atomic E-state index is 15.8. The topological polar surface area (TPSA) is 142 Å². The van der Waals surface area contributed by atoms with Gasteiger partial charge in [0.05, 0.1) is 0 Å². The Bertz CT molecular complexity index is 1940. The average Bonchev–Trinajstić information content (AvgIpc) is 3.27. The summed E-state index contributed by atoms with van der Waals surface area (Å²) in [4.78, 5) is 0. The van der Waals surface area contributed by atoms with Crippen molar-refractivity contribution in [3.63, 3.8) is 0 Å². The molecule has 3 N–H and O–H groups in total. The van der Waals surface area contributed by atoms with Crippen LogP contribution in [0.1, 0.15) is 0 Å². The summed E-state index contributed by atoms with van der Waals surface area (Å²) in [5.74, 6) is 0.760. The normalized spacial score (nSPS) is 15.1. The van der Waals surface area contributed by atoms with E-state index in [1.165, 1.54) is 0 Å². The zero-order valence-electron chi connectivity index (χ0n) is 35.3. The van der Waals surface area contributed by atoms with Crippen LogP contribution in [0.5, 0.6) is 17.2 Å². The highest BCUT2D eigenvalue weighted by Gasteiger charge is 2.36. The summed E-state index contributed by atoms with van der Waals surface area (Å²) in [5, 5.41) is 10.1. The molecule has 0 spiro atoms. The van der Waals surface area contributed by atoms with Crippen LogP contribution >= 0.6 is 30.2 Å². The van der Waals surface area contributed by atoms with E-state index in [2.05, 4.69) is 74.5 Å². The molecule has 3 atom stereocenters. The molecule has 3 rings (SSSR count). The standard InChI is InChI=1S/C45H60N6O7P4/c1-10-31-46-60(53,49(34-13-4)35-14-5)56-40-19-25-43(26-20-40)59(52,44-27-21-41(22-28-44)57-61(54,47-32-11-2)50(36-15-6)37-16-7)45-29-23-42(24-30-45)58-62(55,48-33-12-3)51(38-17-8)39-18-9/h10-30H,1-9,31-39H2,(H,46,53)(H,47,54)(H,48,55). The molecule has 0 saturated carbocycles. The number of hydrogen-bond acceptors (Lipinski definition) is 7. The summed E-state index contributed by atoms with van der Waals surface area (Å²) in [7, 11) is -14.8. The van der Waals surface area contributed by atoms with Crippen molar-refractivity contribution in [2.75, 3.05) is 58.9 Å². The summed E-state index contributed by atoms with van der Waals surface area (Å²) in [6.07, 6.45) is 14.4. The van der Waals surface area contributed by atoms with Crippen LogP contribution in [0.2, 0.25) is 0 Å². The molecule has 0 heterocycles. The minimum atomic E-state index is -3.73. The van der Waals surface area contributed by atoms with Crippen molar-refractivity contribution in [1.29, 1.82) is 0 Å². The second kappa shape index (κ2) is 25.5. The van der Waals surface area contributed by atoms with Gasteiger partial charge in [0, 0.05) is 74.8 Å². The monoisotopic (exact) mass is 920 g/mol. The maximum absolute atomic E-state index is 15.8. The third kappa shape index (κ3) is 13.7. The van der Waals surface area contributed by atoms with Gasteiger partial charge in [-0.25, -0.2) is 43.0 Å². The lowest BCUT2D eigenvalue weighted by molar-refractivity contribution is 0.375. The van der Waals surface area contributed by atoms with Crippen LogP contribution in [0.25, 0.3) is 0 Å². The summed E-state index contributed by atoms with van der Waals surface area (Å²) in [6.45, 7) is 36.0. The molecule has 0 aromatic heterocycles. The van der Waals surface area contributed by atoms with Crippen LogP contribution in [0.15, 0.2) is 187 Å². The van der Waals surface area contributed by atoms with Gasteiger partial charge in [-0.3, -0.25) is 0 Å². The second-order valence-electron chi connectivity index (χ2n) is 13.2. The fraction of sp³-hybridized carbons (Fsp3) is 0.200. The Morgan fingerprint density at radius 3 is 0.758 bits per heavy atom. The van der Waals surface area contributed by atoms with Crippen molar-refractivity contribution in [3.05, 3.63) is 187 Å². The largest absolute Gasteiger partial charge is 0.422 e. The Morgan fingerprint density at radius 1 is 0.371 bits per heavy atom. The average molecular weight is 921 g/mol. The Morgan fingerprint density at radius 2 is 0.581 bits per heavy atom. The van der Waals surface area contributed by atoms with Gasteiger partial charge in [-0.2, -0.15) is 0 Å². The van der Waals surface area contributed by atoms with E-state index in [4.69, 9.17) is 13.6 Å². The van der Waals surface area contributed by atoms with Gasteiger partial charge in [-0.15, -0.1) is 59.2 Å². The highest BCUT2D eigenvalue weighted by atomic mass is 31.2. The fourth-order valence-electron chi connectivity index (χ4n) is 5.90. The number of benzene rings is 3. The van der Waals surface area contributed by atoms with Gasteiger partial charge >= 0.3 is 23.0 Å². The van der Waals surface area contributed by atoms with E-state index in [1.54, 1.807) is 141 Å². The number of rotatable bonds is 33. The molecule has 0 fully saturated rings. The Hall–Kier alpha value is -4.60. The van der Waals surface area contributed by atoms with E-state index < -0.39 is 30.2 Å². The smallest absolute Gasteiger partial charge is 0.393 e. The van der Waals surface area contributed by atoms with Crippen LogP contribution in [0, 0.1) is 0 Å². The van der Waals surface area contributed by atoms with Gasteiger partial charge in [0.25, 0.3) is 0 Å². The first-order valence-electron chi connectivity index (χ1n) is 19.6. The number of nitrogens with one attached hydrogen (secondary N) is 3. The minimum absolute atomic E-state index is 0.204. The van der Waals surface area contributed by atoms with Crippen molar-refractivity contribution in [3.8, 4) is 17.2 Å². The minimum Gasteiger partial charge on any atom is -0.422 e. The van der Waals surface area contributed by atoms with Gasteiger partial charge in [0.15, 0.2) is 7.14 Å². The number of hydrogen-bond donors (Lipinski definition) is 3. The molecule has 0 aliphatic heterocycles. The predicted molar refractivity (Wildman–Crippen MR) is 261 cm³/mol. The van der Waals surface area contributed by atoms with Crippen LogP contribution in [0.3, 0.4) is 0 Å². The molecule has 0 saturated heterocycles. The van der Waals surface area contributed by atoms with Crippen LogP contribution < -0.4 is 44.7 Å². The molecule has 0 amide bonds. The van der Waals surface area contributed by atoms with E-state index in [1.807, 2.05) is 0 Å². The van der Waals surface area contributed by atoms with Crippen molar-refractivity contribution in [1.82, 2.24) is 29.3 Å². The lowest BCUT2D eigenvalue weighted by Gasteiger charge is -2.30. The third-order valence-electron chi connectivity index (χ3n) is 8.75. The Balaban J connectivity index is 2.18. The summed E-state index contributed by atoms with van der Waals surface area (Å²) >= 11 is 0. The number of nitrogens with zero attached hydrogens (tertiary/aromatic N) is 3. The molecule has 3 aromatic carbocycles. The molecule has 0 aliphatic rings. The molecular formula is C45H60N6O7P4. The first-order valence-corrected chi connectivity index (χ1v) is 26.0. The second-order valence-corrected chi connectivity index (χ2v) is 22.3. The summed E-state index contributed by atoms with van der Waals surface area (Å²) < 4.78 is 81.7. The lowest BCUT2D eigenvalue weighted by atomic mass is 10.3. The fourth-order valence-corrected chi connectivity index (χ4v) is 13.9. The molecule has 62 heavy (non-hydrogen) atoms. The van der Waals surface area contributed by atoms with Crippen molar-refractivity contribution in [2.24, 2.45) is 0 Å². The van der Waals surface area contributed by atoms with E-state index in [-0.39, 0.29) is 76.2 Å². The van der Waals surface area contributed by atoms with Crippen molar-refractivity contribution in [2.45, 2.75) is 0 Å². The summed E-state index contributed by atoms with van der Waals surface area (Å²) in [6, 6.07) is 19.5. The molecule has 0 radical (unpaired) electrons. The van der Waals surface area contributed by atoms with E-state index >= 15 is 4.57 Å². The molecule has 0 aliphatic carbocycles. The van der Waals surface area contributed by atoms with Crippen LogP contribution in [-0.2, 0) is 18.3 Å². The first-order chi connectivity index (χ1) is 29.8. The molecule has 13 nitrogen and oxygen atoms in total. The van der Waals surface area contributed by atoms with Gasteiger partial charge in [0.1, 0.15) is 17.2 Å². The third-order valence-corrected chi connectivity index (χ3v) is 18.2. The highest BCUT2D eigenvalue weighted by molar-refractivity contribution is 7.85. The van der Waals surface area contributed by atoms with E-state index in [9.17, 15) is 13.7 Å². The quantitative estimate of drug-likeness (QED) is 0.0396. The molecule has 0 bridgehead atoms. The van der Waals surface area contributed by atoms with Gasteiger partial charge < -0.3 is 18.1 Å². The Kier molecular flexibility index (Phi) is 21.3. The van der Waals surface area contributed by atoms with Gasteiger partial charge in [-0.1, -0.05) is 54.7 Å². The molecule has 3 unspecified atom stereocenters. The summed E-state index contributed by atoms with van der Waals surface area (Å²) in [5.41, 5.74) is 0. The first kappa shape index (κ1) is 51.7. The SMILES string of the molecule is C=CCNP(=O)(Oc1ccc(P(=O)(c2ccc(OP(=O)(NCC=C)N(CC=C)CC=C)cc2)c2ccc(OP(=O)(NCC=C)N(CC=C)CC=C)cc2)cc1)N(CC=C)CC=C.